The van der Waals surface area contributed by atoms with Crippen LogP contribution in [0.2, 0.25) is 0 Å². The molecule has 1 heterocycles. The molecule has 3 nitrogen and oxygen atoms in total. The normalized spacial score (nSPS) is 11.1. The van der Waals surface area contributed by atoms with Crippen LogP contribution in [-0.2, 0) is 0 Å². The summed E-state index contributed by atoms with van der Waals surface area (Å²) in [5.74, 6) is -0.384. The number of aryl methyl sites for hydroxylation is 1. The topological polar surface area (TPSA) is 34.9 Å². The van der Waals surface area contributed by atoms with E-state index in [1.54, 1.807) is 29.0 Å². The van der Waals surface area contributed by atoms with Gasteiger partial charge in [0, 0.05) is 22.9 Å². The first kappa shape index (κ1) is 18.6. The van der Waals surface area contributed by atoms with Crippen molar-refractivity contribution in [2.24, 2.45) is 0 Å². The first-order valence-electron chi connectivity index (χ1n) is 9.30. The SMILES string of the molecule is Cc1ccc(C(=O)/C=C/c2cn(-c3ccccc3)nc2-c2ccc(F)cc2)cc1. The minimum Gasteiger partial charge on any atom is -0.289 e. The fraction of sp³-hybridized carbons (Fsp3) is 0.0400. The third-order valence-electron chi connectivity index (χ3n) is 4.63. The second-order valence-corrected chi connectivity index (χ2v) is 6.78. The van der Waals surface area contributed by atoms with Crippen LogP contribution in [0.15, 0.2) is 91.1 Å². The lowest BCUT2D eigenvalue weighted by Gasteiger charge is -2.00. The van der Waals surface area contributed by atoms with Gasteiger partial charge in [0.25, 0.3) is 0 Å². The lowest BCUT2D eigenvalue weighted by molar-refractivity contribution is 0.104. The first-order chi connectivity index (χ1) is 14.1. The van der Waals surface area contributed by atoms with Gasteiger partial charge in [0.15, 0.2) is 5.78 Å². The van der Waals surface area contributed by atoms with E-state index >= 15 is 0 Å². The van der Waals surface area contributed by atoms with Crippen LogP contribution in [0.25, 0.3) is 23.0 Å². The zero-order valence-corrected chi connectivity index (χ0v) is 15.9. The van der Waals surface area contributed by atoms with Crippen LogP contribution in [0.3, 0.4) is 0 Å². The van der Waals surface area contributed by atoms with E-state index in [-0.39, 0.29) is 11.6 Å². The quantitative estimate of drug-likeness (QED) is 0.319. The number of ketones is 1. The molecule has 142 valence electrons. The lowest BCUT2D eigenvalue weighted by atomic mass is 10.1. The molecule has 4 heteroatoms. The number of nitrogens with zero attached hydrogens (tertiary/aromatic N) is 2. The van der Waals surface area contributed by atoms with Crippen LogP contribution in [0, 0.1) is 12.7 Å². The number of hydrogen-bond donors (Lipinski definition) is 0. The van der Waals surface area contributed by atoms with Crippen molar-refractivity contribution in [3.63, 3.8) is 0 Å². The van der Waals surface area contributed by atoms with E-state index in [0.717, 1.165) is 22.4 Å². The molecule has 0 saturated heterocycles. The largest absolute Gasteiger partial charge is 0.289 e. The Balaban J connectivity index is 1.72. The highest BCUT2D eigenvalue weighted by Crippen LogP contribution is 2.25. The Morgan fingerprint density at radius 1 is 0.931 bits per heavy atom. The van der Waals surface area contributed by atoms with E-state index in [4.69, 9.17) is 0 Å². The zero-order chi connectivity index (χ0) is 20.2. The van der Waals surface area contributed by atoms with Gasteiger partial charge >= 0.3 is 0 Å². The Bertz CT molecular complexity index is 1160. The Hall–Kier alpha value is -3.79. The smallest absolute Gasteiger partial charge is 0.185 e. The maximum absolute atomic E-state index is 13.4. The fourth-order valence-electron chi connectivity index (χ4n) is 3.03. The molecule has 3 aromatic carbocycles. The molecule has 0 unspecified atom stereocenters. The van der Waals surface area contributed by atoms with Gasteiger partial charge in [0.1, 0.15) is 5.82 Å². The molecule has 0 amide bonds. The molecule has 0 radical (unpaired) electrons. The number of para-hydroxylation sites is 1. The summed E-state index contributed by atoms with van der Waals surface area (Å²) in [7, 11) is 0. The maximum Gasteiger partial charge on any atom is 0.185 e. The molecule has 0 aliphatic carbocycles. The second kappa shape index (κ2) is 8.07. The molecule has 0 aliphatic rings. The summed E-state index contributed by atoms with van der Waals surface area (Å²) in [6, 6.07) is 23.4. The molecule has 1 aromatic heterocycles. The third kappa shape index (κ3) is 4.22. The van der Waals surface area contributed by atoms with Crippen molar-refractivity contribution in [1.29, 1.82) is 0 Å². The molecule has 0 atom stereocenters. The monoisotopic (exact) mass is 382 g/mol. The van der Waals surface area contributed by atoms with Crippen LogP contribution in [0.1, 0.15) is 21.5 Å². The van der Waals surface area contributed by atoms with Crippen molar-refractivity contribution in [3.05, 3.63) is 114 Å². The van der Waals surface area contributed by atoms with Gasteiger partial charge < -0.3 is 0 Å². The van der Waals surface area contributed by atoms with Crippen LogP contribution in [0.4, 0.5) is 4.39 Å². The Morgan fingerprint density at radius 2 is 1.62 bits per heavy atom. The van der Waals surface area contributed by atoms with Crippen molar-refractivity contribution >= 4 is 11.9 Å². The average Bonchev–Trinajstić information content (AvgIpc) is 3.18. The number of rotatable bonds is 5. The summed E-state index contributed by atoms with van der Waals surface area (Å²) >= 11 is 0. The highest BCUT2D eigenvalue weighted by molar-refractivity contribution is 6.07. The molecule has 29 heavy (non-hydrogen) atoms. The highest BCUT2D eigenvalue weighted by atomic mass is 19.1. The number of carbonyl (C=O) groups excluding carboxylic acids is 1. The molecule has 0 bridgehead atoms. The van der Waals surface area contributed by atoms with Gasteiger partial charge in [-0.25, -0.2) is 9.07 Å². The lowest BCUT2D eigenvalue weighted by Crippen LogP contribution is -1.94. The summed E-state index contributed by atoms with van der Waals surface area (Å²) in [5, 5.41) is 4.67. The molecule has 4 rings (SSSR count). The molecule has 0 aliphatic heterocycles. The van der Waals surface area contributed by atoms with E-state index in [1.807, 2.05) is 67.7 Å². The van der Waals surface area contributed by atoms with Crippen molar-refractivity contribution in [2.75, 3.05) is 0 Å². The zero-order valence-electron chi connectivity index (χ0n) is 15.9. The van der Waals surface area contributed by atoms with Crippen LogP contribution >= 0.6 is 0 Å². The van der Waals surface area contributed by atoms with E-state index in [2.05, 4.69) is 5.10 Å². The molecule has 4 aromatic rings. The van der Waals surface area contributed by atoms with Crippen molar-refractivity contribution in [3.8, 4) is 16.9 Å². The Labute approximate surface area is 168 Å². The minimum atomic E-state index is -0.303. The highest BCUT2D eigenvalue weighted by Gasteiger charge is 2.11. The molecule has 0 N–H and O–H groups in total. The van der Waals surface area contributed by atoms with Gasteiger partial charge in [-0.05, 0) is 55.5 Å². The van der Waals surface area contributed by atoms with Crippen molar-refractivity contribution in [1.82, 2.24) is 9.78 Å². The number of hydrogen-bond acceptors (Lipinski definition) is 2. The van der Waals surface area contributed by atoms with Crippen LogP contribution < -0.4 is 0 Å². The summed E-state index contributed by atoms with van der Waals surface area (Å²) in [4.78, 5) is 12.5. The van der Waals surface area contributed by atoms with Gasteiger partial charge in [-0.2, -0.15) is 5.10 Å². The predicted molar refractivity (Wildman–Crippen MR) is 114 cm³/mol. The first-order valence-corrected chi connectivity index (χ1v) is 9.30. The standard InChI is InChI=1S/C25H19FN2O/c1-18-7-9-19(10-8-18)24(29)16-13-21-17-28(23-5-3-2-4-6-23)27-25(21)20-11-14-22(26)15-12-20/h2-17H,1H3/b16-13+. The van der Waals surface area contributed by atoms with Crippen LogP contribution in [-0.4, -0.2) is 15.6 Å². The minimum absolute atomic E-state index is 0.0810. The summed E-state index contributed by atoms with van der Waals surface area (Å²) in [6.07, 6.45) is 5.17. The van der Waals surface area contributed by atoms with Gasteiger partial charge in [-0.1, -0.05) is 48.0 Å². The van der Waals surface area contributed by atoms with Gasteiger partial charge in [0.05, 0.1) is 11.4 Å². The number of benzene rings is 3. The van der Waals surface area contributed by atoms with E-state index in [1.165, 1.54) is 12.1 Å². The van der Waals surface area contributed by atoms with Gasteiger partial charge in [-0.3, -0.25) is 4.79 Å². The van der Waals surface area contributed by atoms with Gasteiger partial charge in [-0.15, -0.1) is 0 Å². The maximum atomic E-state index is 13.4. The number of aromatic nitrogens is 2. The van der Waals surface area contributed by atoms with E-state index < -0.39 is 0 Å². The van der Waals surface area contributed by atoms with Crippen molar-refractivity contribution in [2.45, 2.75) is 6.92 Å². The summed E-state index contributed by atoms with van der Waals surface area (Å²) < 4.78 is 15.1. The number of halogens is 1. The molecular formula is C25H19FN2O. The van der Waals surface area contributed by atoms with E-state index in [9.17, 15) is 9.18 Å². The molecular weight excluding hydrogens is 363 g/mol. The van der Waals surface area contributed by atoms with Gasteiger partial charge in [0.2, 0.25) is 0 Å². The predicted octanol–water partition coefficient (Wildman–Crippen LogP) is 5.88. The Morgan fingerprint density at radius 3 is 2.31 bits per heavy atom. The second-order valence-electron chi connectivity index (χ2n) is 6.78. The van der Waals surface area contributed by atoms with E-state index in [0.29, 0.717) is 11.3 Å². The molecule has 0 spiro atoms. The molecule has 0 fully saturated rings. The molecule has 0 saturated carbocycles. The van der Waals surface area contributed by atoms with Crippen molar-refractivity contribution < 1.29 is 9.18 Å². The number of carbonyl (C=O) groups is 1. The summed E-state index contributed by atoms with van der Waals surface area (Å²) in [5.41, 5.74) is 4.88. The summed E-state index contributed by atoms with van der Waals surface area (Å²) in [6.45, 7) is 1.98. The Kier molecular flexibility index (Phi) is 5.16. The third-order valence-corrected chi connectivity index (χ3v) is 4.63. The number of allylic oxidation sites excluding steroid dienone is 1. The van der Waals surface area contributed by atoms with Crippen LogP contribution in [0.5, 0.6) is 0 Å². The fourth-order valence-corrected chi connectivity index (χ4v) is 3.03. The average molecular weight is 382 g/mol.